The zero-order chi connectivity index (χ0) is 17.0. The van der Waals surface area contributed by atoms with Gasteiger partial charge in [0.25, 0.3) is 0 Å². The first-order valence-electron chi connectivity index (χ1n) is 8.35. The summed E-state index contributed by atoms with van der Waals surface area (Å²) in [5.74, 6) is 0.146. The van der Waals surface area contributed by atoms with E-state index in [1.54, 1.807) is 11.3 Å². The van der Waals surface area contributed by atoms with E-state index in [4.69, 9.17) is 0 Å². The number of carbonyl (C=O) groups excluding carboxylic acids is 1. The standard InChI is InChI=1S/C17H29N3O2S/c1-12-19-14(11-23-12)10-20-7-5-13(6-8-20)16(22)18-9-15(21)17(2,3)4/h11,13,15,21H,5-10H2,1-4H3,(H,18,22). The van der Waals surface area contributed by atoms with E-state index >= 15 is 0 Å². The summed E-state index contributed by atoms with van der Waals surface area (Å²) in [6.45, 7) is 11.0. The lowest BCUT2D eigenvalue weighted by molar-refractivity contribution is -0.127. The van der Waals surface area contributed by atoms with E-state index < -0.39 is 6.10 Å². The van der Waals surface area contributed by atoms with Crippen LogP contribution in [0, 0.1) is 18.3 Å². The topological polar surface area (TPSA) is 65.5 Å². The van der Waals surface area contributed by atoms with E-state index in [2.05, 4.69) is 20.6 Å². The Hall–Kier alpha value is -0.980. The van der Waals surface area contributed by atoms with Gasteiger partial charge in [-0.15, -0.1) is 11.3 Å². The lowest BCUT2D eigenvalue weighted by Crippen LogP contribution is -2.44. The summed E-state index contributed by atoms with van der Waals surface area (Å²) >= 11 is 1.68. The second-order valence-corrected chi connectivity index (χ2v) is 8.60. The van der Waals surface area contributed by atoms with Gasteiger partial charge in [0.15, 0.2) is 0 Å². The number of aliphatic hydroxyl groups excluding tert-OH is 1. The minimum absolute atomic E-state index is 0.0654. The summed E-state index contributed by atoms with van der Waals surface area (Å²) in [6.07, 6.45) is 1.24. The van der Waals surface area contributed by atoms with E-state index in [9.17, 15) is 9.90 Å². The molecule has 1 amide bonds. The number of amides is 1. The molecule has 1 aliphatic heterocycles. The number of nitrogens with zero attached hydrogens (tertiary/aromatic N) is 2. The average molecular weight is 340 g/mol. The molecular weight excluding hydrogens is 310 g/mol. The third-order valence-corrected chi connectivity index (χ3v) is 5.30. The molecule has 6 heteroatoms. The normalized spacial score (nSPS) is 18.8. The highest BCUT2D eigenvalue weighted by Gasteiger charge is 2.27. The minimum Gasteiger partial charge on any atom is -0.391 e. The van der Waals surface area contributed by atoms with Crippen molar-refractivity contribution in [3.63, 3.8) is 0 Å². The van der Waals surface area contributed by atoms with Crippen LogP contribution in [0.3, 0.4) is 0 Å². The predicted octanol–water partition coefficient (Wildman–Crippen LogP) is 2.19. The van der Waals surface area contributed by atoms with E-state index in [0.29, 0.717) is 6.54 Å². The Morgan fingerprint density at radius 2 is 2.13 bits per heavy atom. The molecule has 1 atom stereocenters. The van der Waals surface area contributed by atoms with E-state index in [1.807, 2.05) is 27.7 Å². The molecule has 1 aromatic heterocycles. The average Bonchev–Trinajstić information content (AvgIpc) is 2.89. The molecule has 0 spiro atoms. The van der Waals surface area contributed by atoms with Gasteiger partial charge in [-0.1, -0.05) is 20.8 Å². The molecule has 130 valence electrons. The van der Waals surface area contributed by atoms with Crippen LogP contribution in [-0.2, 0) is 11.3 Å². The van der Waals surface area contributed by atoms with Gasteiger partial charge in [0.1, 0.15) is 0 Å². The molecule has 0 bridgehead atoms. The molecule has 0 radical (unpaired) electrons. The smallest absolute Gasteiger partial charge is 0.223 e. The fraction of sp³-hybridized carbons (Fsp3) is 0.765. The largest absolute Gasteiger partial charge is 0.391 e. The fourth-order valence-corrected chi connectivity index (χ4v) is 3.31. The van der Waals surface area contributed by atoms with Crippen LogP contribution >= 0.6 is 11.3 Å². The van der Waals surface area contributed by atoms with E-state index in [1.165, 1.54) is 0 Å². The Bertz CT molecular complexity index is 516. The van der Waals surface area contributed by atoms with Gasteiger partial charge in [-0.05, 0) is 38.3 Å². The number of aromatic nitrogens is 1. The Morgan fingerprint density at radius 1 is 1.48 bits per heavy atom. The highest BCUT2D eigenvalue weighted by Crippen LogP contribution is 2.21. The second-order valence-electron chi connectivity index (χ2n) is 7.54. The summed E-state index contributed by atoms with van der Waals surface area (Å²) in [5, 5.41) is 16.1. The molecule has 2 heterocycles. The van der Waals surface area contributed by atoms with Crippen molar-refractivity contribution in [2.24, 2.45) is 11.3 Å². The van der Waals surface area contributed by atoms with Gasteiger partial charge in [0.05, 0.1) is 16.8 Å². The Kier molecular flexibility index (Phi) is 6.17. The lowest BCUT2D eigenvalue weighted by Gasteiger charge is -2.31. The number of thiazole rings is 1. The summed E-state index contributed by atoms with van der Waals surface area (Å²) in [7, 11) is 0. The van der Waals surface area contributed by atoms with Crippen LogP contribution in [0.15, 0.2) is 5.38 Å². The van der Waals surface area contributed by atoms with Gasteiger partial charge in [-0.3, -0.25) is 9.69 Å². The maximum Gasteiger partial charge on any atom is 0.223 e. The van der Waals surface area contributed by atoms with E-state index in [-0.39, 0.29) is 17.2 Å². The zero-order valence-electron chi connectivity index (χ0n) is 14.6. The summed E-state index contributed by atoms with van der Waals surface area (Å²) in [6, 6.07) is 0. The second kappa shape index (κ2) is 7.73. The molecule has 2 N–H and O–H groups in total. The number of aryl methyl sites for hydroxylation is 1. The predicted molar refractivity (Wildman–Crippen MR) is 93.3 cm³/mol. The molecule has 0 aromatic carbocycles. The summed E-state index contributed by atoms with van der Waals surface area (Å²) in [4.78, 5) is 19.1. The van der Waals surface area contributed by atoms with Gasteiger partial charge in [0.2, 0.25) is 5.91 Å². The molecule has 5 nitrogen and oxygen atoms in total. The summed E-state index contributed by atoms with van der Waals surface area (Å²) in [5.41, 5.74) is 0.922. The zero-order valence-corrected chi connectivity index (χ0v) is 15.4. The Balaban J connectivity index is 1.72. The molecular formula is C17H29N3O2S. The van der Waals surface area contributed by atoms with Crippen LogP contribution in [0.2, 0.25) is 0 Å². The van der Waals surface area contributed by atoms with Crippen LogP contribution in [0.25, 0.3) is 0 Å². The SMILES string of the molecule is Cc1nc(CN2CCC(C(=O)NCC(O)C(C)(C)C)CC2)cs1. The number of carbonyl (C=O) groups is 1. The van der Waals surface area contributed by atoms with Gasteiger partial charge < -0.3 is 10.4 Å². The quantitative estimate of drug-likeness (QED) is 0.863. The molecule has 1 saturated heterocycles. The molecule has 1 unspecified atom stereocenters. The maximum absolute atomic E-state index is 12.2. The van der Waals surface area contributed by atoms with Crippen LogP contribution in [0.1, 0.15) is 44.3 Å². The monoisotopic (exact) mass is 339 g/mol. The van der Waals surface area contributed by atoms with Crippen LogP contribution in [0.4, 0.5) is 0 Å². The molecule has 1 fully saturated rings. The van der Waals surface area contributed by atoms with Crippen molar-refractivity contribution in [2.45, 2.75) is 53.2 Å². The van der Waals surface area contributed by atoms with Crippen molar-refractivity contribution in [3.05, 3.63) is 16.1 Å². The van der Waals surface area contributed by atoms with E-state index in [0.717, 1.165) is 43.2 Å². The number of likely N-dealkylation sites (tertiary alicyclic amines) is 1. The first kappa shape index (κ1) is 18.4. The molecule has 0 saturated carbocycles. The number of piperidine rings is 1. The minimum atomic E-state index is -0.514. The van der Waals surface area contributed by atoms with Gasteiger partial charge in [-0.25, -0.2) is 4.98 Å². The maximum atomic E-state index is 12.2. The molecule has 1 aliphatic rings. The highest BCUT2D eigenvalue weighted by atomic mass is 32.1. The van der Waals surface area contributed by atoms with Crippen LogP contribution in [-0.4, -0.2) is 46.6 Å². The number of rotatable bonds is 5. The van der Waals surface area contributed by atoms with Crippen molar-refractivity contribution >= 4 is 17.2 Å². The lowest BCUT2D eigenvalue weighted by atomic mass is 9.89. The van der Waals surface area contributed by atoms with Crippen molar-refractivity contribution < 1.29 is 9.90 Å². The third kappa shape index (κ3) is 5.55. The Labute approximate surface area is 143 Å². The molecule has 2 rings (SSSR count). The van der Waals surface area contributed by atoms with Gasteiger partial charge in [0, 0.05) is 24.4 Å². The van der Waals surface area contributed by atoms with Crippen LogP contribution in [0.5, 0.6) is 0 Å². The number of hydrogen-bond acceptors (Lipinski definition) is 5. The Morgan fingerprint density at radius 3 is 2.65 bits per heavy atom. The molecule has 23 heavy (non-hydrogen) atoms. The van der Waals surface area contributed by atoms with Crippen molar-refractivity contribution in [1.82, 2.24) is 15.2 Å². The van der Waals surface area contributed by atoms with Gasteiger partial charge >= 0.3 is 0 Å². The molecule has 1 aromatic rings. The molecule has 0 aliphatic carbocycles. The third-order valence-electron chi connectivity index (χ3n) is 4.48. The van der Waals surface area contributed by atoms with Crippen molar-refractivity contribution in [3.8, 4) is 0 Å². The number of hydrogen-bond donors (Lipinski definition) is 2. The first-order chi connectivity index (χ1) is 10.8. The van der Waals surface area contributed by atoms with Crippen molar-refractivity contribution in [2.75, 3.05) is 19.6 Å². The fourth-order valence-electron chi connectivity index (χ4n) is 2.71. The van der Waals surface area contributed by atoms with Crippen molar-refractivity contribution in [1.29, 1.82) is 0 Å². The highest BCUT2D eigenvalue weighted by molar-refractivity contribution is 7.09. The summed E-state index contributed by atoms with van der Waals surface area (Å²) < 4.78 is 0. The van der Waals surface area contributed by atoms with Gasteiger partial charge in [-0.2, -0.15) is 0 Å². The number of aliphatic hydroxyl groups is 1. The number of nitrogens with one attached hydrogen (secondary N) is 1. The van der Waals surface area contributed by atoms with Crippen LogP contribution < -0.4 is 5.32 Å². The first-order valence-corrected chi connectivity index (χ1v) is 9.23.